The zero-order valence-electron chi connectivity index (χ0n) is 14.2. The summed E-state index contributed by atoms with van der Waals surface area (Å²) >= 11 is 0. The van der Waals surface area contributed by atoms with Crippen LogP contribution in [0.5, 0.6) is 5.75 Å². The van der Waals surface area contributed by atoms with Gasteiger partial charge in [-0.2, -0.15) is 5.10 Å². The summed E-state index contributed by atoms with van der Waals surface area (Å²) in [5, 5.41) is 6.93. The number of carbonyl (C=O) groups is 2. The monoisotopic (exact) mass is 343 g/mol. The molecule has 7 nitrogen and oxygen atoms in total. The van der Waals surface area contributed by atoms with Gasteiger partial charge in [0.2, 0.25) is 5.91 Å². The van der Waals surface area contributed by atoms with E-state index in [4.69, 9.17) is 9.47 Å². The van der Waals surface area contributed by atoms with E-state index in [1.165, 1.54) is 0 Å². The van der Waals surface area contributed by atoms with Crippen molar-refractivity contribution in [2.45, 2.75) is 26.3 Å². The molecule has 0 spiro atoms. The Hall–Kier alpha value is -2.83. The van der Waals surface area contributed by atoms with E-state index in [1.54, 1.807) is 11.8 Å². The van der Waals surface area contributed by atoms with Gasteiger partial charge in [0.1, 0.15) is 5.75 Å². The molecule has 0 radical (unpaired) electrons. The third-order valence-electron chi connectivity index (χ3n) is 4.08. The Balaban J connectivity index is 1.57. The van der Waals surface area contributed by atoms with E-state index in [0.717, 1.165) is 17.0 Å². The summed E-state index contributed by atoms with van der Waals surface area (Å²) in [4.78, 5) is 26.1. The summed E-state index contributed by atoms with van der Waals surface area (Å²) in [6.45, 7) is 3.33. The van der Waals surface area contributed by atoms with Crippen LogP contribution < -0.4 is 4.74 Å². The SMILES string of the molecule is CCOC(=O)c1n[nH]c2c1CN(C(=O)CCOc1ccccc1)CC2. The van der Waals surface area contributed by atoms with Crippen molar-refractivity contribution in [2.75, 3.05) is 19.8 Å². The number of amides is 1. The largest absolute Gasteiger partial charge is 0.493 e. The van der Waals surface area contributed by atoms with Gasteiger partial charge in [-0.25, -0.2) is 4.79 Å². The molecule has 1 aromatic heterocycles. The number of para-hydroxylation sites is 1. The molecule has 0 saturated carbocycles. The van der Waals surface area contributed by atoms with Gasteiger partial charge in [0, 0.05) is 30.8 Å². The molecular formula is C18H21N3O4. The number of nitrogens with zero attached hydrogens (tertiary/aromatic N) is 2. The molecule has 0 saturated heterocycles. The van der Waals surface area contributed by atoms with E-state index in [9.17, 15) is 9.59 Å². The van der Waals surface area contributed by atoms with E-state index in [2.05, 4.69) is 10.2 Å². The normalized spacial score (nSPS) is 13.2. The summed E-state index contributed by atoms with van der Waals surface area (Å²) in [6, 6.07) is 9.40. The van der Waals surface area contributed by atoms with E-state index in [0.29, 0.717) is 32.7 Å². The lowest BCUT2D eigenvalue weighted by atomic mass is 10.0. The Bertz CT molecular complexity index is 742. The maximum Gasteiger partial charge on any atom is 0.359 e. The highest BCUT2D eigenvalue weighted by Gasteiger charge is 2.28. The molecular weight excluding hydrogens is 322 g/mol. The van der Waals surface area contributed by atoms with Crippen LogP contribution >= 0.6 is 0 Å². The highest BCUT2D eigenvalue weighted by molar-refractivity contribution is 5.89. The molecule has 0 unspecified atom stereocenters. The Morgan fingerprint density at radius 1 is 1.28 bits per heavy atom. The third kappa shape index (κ3) is 3.99. The lowest BCUT2D eigenvalue weighted by molar-refractivity contribution is -0.132. The maximum absolute atomic E-state index is 12.4. The third-order valence-corrected chi connectivity index (χ3v) is 4.08. The quantitative estimate of drug-likeness (QED) is 0.810. The number of aromatic nitrogens is 2. The van der Waals surface area contributed by atoms with Gasteiger partial charge in [-0.15, -0.1) is 0 Å². The standard InChI is InChI=1S/C18H21N3O4/c1-2-24-18(23)17-14-12-21(10-8-15(14)19-20-17)16(22)9-11-25-13-6-4-3-5-7-13/h3-7H,2,8-12H2,1H3,(H,19,20). The second-order valence-electron chi connectivity index (χ2n) is 5.73. The molecule has 1 amide bonds. The van der Waals surface area contributed by atoms with E-state index >= 15 is 0 Å². The van der Waals surface area contributed by atoms with Gasteiger partial charge < -0.3 is 14.4 Å². The number of esters is 1. The predicted octanol–water partition coefficient (Wildman–Crippen LogP) is 1.94. The van der Waals surface area contributed by atoms with Crippen LogP contribution in [0.1, 0.15) is 35.1 Å². The minimum atomic E-state index is -0.457. The predicted molar refractivity (Wildman–Crippen MR) is 90.2 cm³/mol. The molecule has 1 aromatic carbocycles. The Morgan fingerprint density at radius 3 is 2.84 bits per heavy atom. The zero-order valence-corrected chi connectivity index (χ0v) is 14.2. The number of rotatable bonds is 6. The highest BCUT2D eigenvalue weighted by Crippen LogP contribution is 2.21. The lowest BCUT2D eigenvalue weighted by Crippen LogP contribution is -2.37. The second-order valence-corrected chi connectivity index (χ2v) is 5.73. The zero-order chi connectivity index (χ0) is 17.6. The highest BCUT2D eigenvalue weighted by atomic mass is 16.5. The fourth-order valence-electron chi connectivity index (χ4n) is 2.81. The van der Waals surface area contributed by atoms with E-state index in [1.807, 2.05) is 30.3 Å². The molecule has 0 bridgehead atoms. The van der Waals surface area contributed by atoms with Crippen molar-refractivity contribution in [3.63, 3.8) is 0 Å². The Morgan fingerprint density at radius 2 is 2.08 bits per heavy atom. The van der Waals surface area contributed by atoms with Gasteiger partial charge in [-0.1, -0.05) is 18.2 Å². The number of aromatic amines is 1. The van der Waals surface area contributed by atoms with Gasteiger partial charge in [0.05, 0.1) is 19.6 Å². The van der Waals surface area contributed by atoms with Crippen molar-refractivity contribution >= 4 is 11.9 Å². The molecule has 2 heterocycles. The molecule has 3 rings (SSSR count). The van der Waals surface area contributed by atoms with Crippen LogP contribution in [-0.2, 0) is 22.5 Å². The van der Waals surface area contributed by atoms with Crippen LogP contribution in [0, 0.1) is 0 Å². The maximum atomic E-state index is 12.4. The topological polar surface area (TPSA) is 84.5 Å². The van der Waals surface area contributed by atoms with Gasteiger partial charge in [0.25, 0.3) is 0 Å². The van der Waals surface area contributed by atoms with Gasteiger partial charge in [-0.05, 0) is 19.1 Å². The fraction of sp³-hybridized carbons (Fsp3) is 0.389. The van der Waals surface area contributed by atoms with Crippen molar-refractivity contribution in [1.29, 1.82) is 0 Å². The summed E-state index contributed by atoms with van der Waals surface area (Å²) in [5.41, 5.74) is 1.92. The number of H-pyrrole nitrogens is 1. The first-order chi connectivity index (χ1) is 12.2. The van der Waals surface area contributed by atoms with Crippen LogP contribution in [0.15, 0.2) is 30.3 Å². The number of fused-ring (bicyclic) bond motifs is 1. The minimum absolute atomic E-state index is 0.00223. The first kappa shape index (κ1) is 17.0. The first-order valence-electron chi connectivity index (χ1n) is 8.38. The molecule has 1 aliphatic heterocycles. The second kappa shape index (κ2) is 7.83. The average Bonchev–Trinajstić information content (AvgIpc) is 3.06. The van der Waals surface area contributed by atoms with Gasteiger partial charge in [0.15, 0.2) is 5.69 Å². The average molecular weight is 343 g/mol. The van der Waals surface area contributed by atoms with Crippen molar-refractivity contribution in [1.82, 2.24) is 15.1 Å². The summed E-state index contributed by atoms with van der Waals surface area (Å²) in [6.07, 6.45) is 0.934. The molecule has 25 heavy (non-hydrogen) atoms. The molecule has 0 fully saturated rings. The van der Waals surface area contributed by atoms with Crippen molar-refractivity contribution in [2.24, 2.45) is 0 Å². The van der Waals surface area contributed by atoms with Crippen molar-refractivity contribution in [3.8, 4) is 5.75 Å². The van der Waals surface area contributed by atoms with Crippen LogP contribution in [0.4, 0.5) is 0 Å². The number of ether oxygens (including phenoxy) is 2. The summed E-state index contributed by atoms with van der Waals surface area (Å²) < 4.78 is 10.6. The number of hydrogen-bond acceptors (Lipinski definition) is 5. The summed E-state index contributed by atoms with van der Waals surface area (Å²) in [7, 11) is 0. The summed E-state index contributed by atoms with van der Waals surface area (Å²) in [5.74, 6) is 0.287. The van der Waals surface area contributed by atoms with Crippen molar-refractivity contribution < 1.29 is 19.1 Å². The smallest absolute Gasteiger partial charge is 0.359 e. The van der Waals surface area contributed by atoms with E-state index in [-0.39, 0.29) is 18.0 Å². The molecule has 1 aliphatic rings. The Kier molecular flexibility index (Phi) is 5.33. The number of nitrogens with one attached hydrogen (secondary N) is 1. The number of benzene rings is 1. The lowest BCUT2D eigenvalue weighted by Gasteiger charge is -2.27. The number of carbonyl (C=O) groups excluding carboxylic acids is 2. The molecule has 2 aromatic rings. The van der Waals surface area contributed by atoms with Crippen LogP contribution in [0.2, 0.25) is 0 Å². The Labute approximate surface area is 145 Å². The number of hydrogen-bond donors (Lipinski definition) is 1. The minimum Gasteiger partial charge on any atom is -0.493 e. The molecule has 7 heteroatoms. The van der Waals surface area contributed by atoms with Crippen LogP contribution in [0.3, 0.4) is 0 Å². The van der Waals surface area contributed by atoms with Gasteiger partial charge >= 0.3 is 5.97 Å². The first-order valence-corrected chi connectivity index (χ1v) is 8.38. The van der Waals surface area contributed by atoms with Gasteiger partial charge in [-0.3, -0.25) is 9.89 Å². The molecule has 0 atom stereocenters. The molecule has 0 aliphatic carbocycles. The van der Waals surface area contributed by atoms with Crippen LogP contribution in [0.25, 0.3) is 0 Å². The molecule has 1 N–H and O–H groups in total. The van der Waals surface area contributed by atoms with E-state index < -0.39 is 5.97 Å². The van der Waals surface area contributed by atoms with Crippen LogP contribution in [-0.4, -0.2) is 46.7 Å². The molecule has 132 valence electrons. The van der Waals surface area contributed by atoms with Crippen molar-refractivity contribution in [3.05, 3.63) is 47.3 Å². The fourth-order valence-corrected chi connectivity index (χ4v) is 2.81.